The predicted octanol–water partition coefficient (Wildman–Crippen LogP) is 2.40. The molecule has 1 amide bonds. The Morgan fingerprint density at radius 2 is 2.30 bits per heavy atom. The minimum atomic E-state index is -0.477. The molecule has 0 aliphatic heterocycles. The van der Waals surface area contributed by atoms with E-state index >= 15 is 0 Å². The fraction of sp³-hybridized carbons (Fsp3) is 0.286. The van der Waals surface area contributed by atoms with Crippen LogP contribution < -0.4 is 11.1 Å². The van der Waals surface area contributed by atoms with E-state index in [4.69, 9.17) is 5.73 Å². The number of nitrogens with zero attached hydrogens (tertiary/aromatic N) is 2. The molecule has 3 N–H and O–H groups in total. The van der Waals surface area contributed by atoms with Crippen molar-refractivity contribution >= 4 is 21.8 Å². The third-order valence-electron chi connectivity index (χ3n) is 3.08. The molecule has 0 aliphatic carbocycles. The first kappa shape index (κ1) is 14.7. The Hall–Kier alpha value is -1.66. The monoisotopic (exact) mass is 336 g/mol. The number of primary amides is 1. The molecule has 20 heavy (non-hydrogen) atoms. The first-order chi connectivity index (χ1) is 9.52. The van der Waals surface area contributed by atoms with Crippen LogP contribution in [0.5, 0.6) is 0 Å². The molecule has 0 aliphatic rings. The van der Waals surface area contributed by atoms with E-state index in [1.165, 1.54) is 6.20 Å². The van der Waals surface area contributed by atoms with Gasteiger partial charge in [0.15, 0.2) is 0 Å². The van der Waals surface area contributed by atoms with Gasteiger partial charge in [-0.3, -0.25) is 4.79 Å². The van der Waals surface area contributed by atoms with Crippen LogP contribution >= 0.6 is 15.9 Å². The van der Waals surface area contributed by atoms with Crippen LogP contribution in [0.4, 0.5) is 0 Å². The molecular weight excluding hydrogens is 320 g/mol. The second kappa shape index (κ2) is 6.19. The summed E-state index contributed by atoms with van der Waals surface area (Å²) < 4.78 is 2.68. The minimum Gasteiger partial charge on any atom is -0.366 e. The van der Waals surface area contributed by atoms with Crippen molar-refractivity contribution < 1.29 is 4.79 Å². The summed E-state index contributed by atoms with van der Waals surface area (Å²) in [5, 5.41) is 7.59. The second-order valence-corrected chi connectivity index (χ2v) is 5.44. The number of nitrogens with two attached hydrogens (primary N) is 1. The van der Waals surface area contributed by atoms with Crippen molar-refractivity contribution in [1.82, 2.24) is 15.1 Å². The first-order valence-electron chi connectivity index (χ1n) is 6.40. The van der Waals surface area contributed by atoms with Crippen molar-refractivity contribution in [2.24, 2.45) is 5.73 Å². The van der Waals surface area contributed by atoms with Crippen molar-refractivity contribution in [3.8, 4) is 5.69 Å². The van der Waals surface area contributed by atoms with Gasteiger partial charge in [-0.1, -0.05) is 22.9 Å². The minimum absolute atomic E-state index is 0.175. The van der Waals surface area contributed by atoms with Crippen LogP contribution in [0.2, 0.25) is 0 Å². The molecule has 0 bridgehead atoms. The summed E-state index contributed by atoms with van der Waals surface area (Å²) in [6.07, 6.45) is 3.12. The molecule has 1 aromatic heterocycles. The van der Waals surface area contributed by atoms with Crippen molar-refractivity contribution in [2.75, 3.05) is 6.54 Å². The van der Waals surface area contributed by atoms with Crippen molar-refractivity contribution in [3.05, 3.63) is 46.2 Å². The predicted molar refractivity (Wildman–Crippen MR) is 81.9 cm³/mol. The molecule has 2 aromatic rings. The van der Waals surface area contributed by atoms with Crippen molar-refractivity contribution in [2.45, 2.75) is 19.9 Å². The average molecular weight is 337 g/mol. The SMILES string of the molecule is CCNC(C)c1cc(Br)ccc1-n1cc(C(N)=O)cn1. The van der Waals surface area contributed by atoms with Crippen LogP contribution in [0.3, 0.4) is 0 Å². The van der Waals surface area contributed by atoms with E-state index in [1.54, 1.807) is 10.9 Å². The van der Waals surface area contributed by atoms with Gasteiger partial charge in [-0.05, 0) is 37.2 Å². The van der Waals surface area contributed by atoms with E-state index in [0.717, 1.165) is 22.3 Å². The van der Waals surface area contributed by atoms with Gasteiger partial charge in [0.1, 0.15) is 0 Å². The van der Waals surface area contributed by atoms with Crippen LogP contribution in [0, 0.1) is 0 Å². The quantitative estimate of drug-likeness (QED) is 0.880. The van der Waals surface area contributed by atoms with Gasteiger partial charge in [0.2, 0.25) is 0 Å². The Morgan fingerprint density at radius 3 is 2.90 bits per heavy atom. The molecule has 1 atom stereocenters. The van der Waals surface area contributed by atoms with E-state index in [-0.39, 0.29) is 6.04 Å². The van der Waals surface area contributed by atoms with Gasteiger partial charge in [0, 0.05) is 16.7 Å². The molecule has 6 heteroatoms. The molecule has 0 saturated carbocycles. The Balaban J connectivity index is 2.46. The lowest BCUT2D eigenvalue weighted by Gasteiger charge is -2.17. The summed E-state index contributed by atoms with van der Waals surface area (Å²) in [6, 6.07) is 6.14. The molecule has 0 saturated heterocycles. The molecule has 1 heterocycles. The number of carbonyl (C=O) groups is 1. The number of rotatable bonds is 5. The average Bonchev–Trinajstić information content (AvgIpc) is 2.88. The number of benzene rings is 1. The Labute approximate surface area is 126 Å². The van der Waals surface area contributed by atoms with Gasteiger partial charge < -0.3 is 11.1 Å². The fourth-order valence-electron chi connectivity index (χ4n) is 2.08. The van der Waals surface area contributed by atoms with Crippen LogP contribution in [0.15, 0.2) is 35.1 Å². The Kier molecular flexibility index (Phi) is 4.57. The number of aromatic nitrogens is 2. The van der Waals surface area contributed by atoms with Crippen LogP contribution in [0.25, 0.3) is 5.69 Å². The molecule has 0 radical (unpaired) electrons. The van der Waals surface area contributed by atoms with Gasteiger partial charge in [0.05, 0.1) is 17.4 Å². The highest BCUT2D eigenvalue weighted by Crippen LogP contribution is 2.25. The summed E-state index contributed by atoms with van der Waals surface area (Å²) in [4.78, 5) is 11.2. The zero-order chi connectivity index (χ0) is 14.7. The zero-order valence-corrected chi connectivity index (χ0v) is 13.0. The highest BCUT2D eigenvalue weighted by atomic mass is 79.9. The second-order valence-electron chi connectivity index (χ2n) is 4.52. The number of carbonyl (C=O) groups excluding carboxylic acids is 1. The summed E-state index contributed by atoms with van der Waals surface area (Å²) in [5.74, 6) is -0.477. The molecular formula is C14H17BrN4O. The van der Waals surface area contributed by atoms with E-state index in [2.05, 4.69) is 40.2 Å². The van der Waals surface area contributed by atoms with Gasteiger partial charge >= 0.3 is 0 Å². The van der Waals surface area contributed by atoms with Crippen LogP contribution in [-0.4, -0.2) is 22.2 Å². The van der Waals surface area contributed by atoms with Gasteiger partial charge in [-0.25, -0.2) is 4.68 Å². The highest BCUT2D eigenvalue weighted by molar-refractivity contribution is 9.10. The van der Waals surface area contributed by atoms with Gasteiger partial charge in [0.25, 0.3) is 5.91 Å². The lowest BCUT2D eigenvalue weighted by molar-refractivity contribution is 0.100. The fourth-order valence-corrected chi connectivity index (χ4v) is 2.46. The topological polar surface area (TPSA) is 72.9 Å². The van der Waals surface area contributed by atoms with Gasteiger partial charge in [-0.15, -0.1) is 0 Å². The van der Waals surface area contributed by atoms with E-state index in [9.17, 15) is 4.79 Å². The maximum Gasteiger partial charge on any atom is 0.251 e. The molecule has 1 unspecified atom stereocenters. The molecule has 5 nitrogen and oxygen atoms in total. The third kappa shape index (κ3) is 3.08. The summed E-state index contributed by atoms with van der Waals surface area (Å²) in [7, 11) is 0. The highest BCUT2D eigenvalue weighted by Gasteiger charge is 2.14. The van der Waals surface area contributed by atoms with Crippen LogP contribution in [0.1, 0.15) is 35.8 Å². The van der Waals surface area contributed by atoms with Crippen LogP contribution in [-0.2, 0) is 0 Å². The normalized spacial score (nSPS) is 12.3. The molecule has 2 rings (SSSR count). The van der Waals surface area contributed by atoms with Crippen molar-refractivity contribution in [3.63, 3.8) is 0 Å². The third-order valence-corrected chi connectivity index (χ3v) is 3.57. The maximum atomic E-state index is 11.2. The van der Waals surface area contributed by atoms with Gasteiger partial charge in [-0.2, -0.15) is 5.10 Å². The Bertz CT molecular complexity index is 623. The summed E-state index contributed by atoms with van der Waals surface area (Å²) >= 11 is 3.49. The van der Waals surface area contributed by atoms with E-state index in [0.29, 0.717) is 5.56 Å². The lowest BCUT2D eigenvalue weighted by atomic mass is 10.1. The summed E-state index contributed by atoms with van der Waals surface area (Å²) in [6.45, 7) is 5.03. The first-order valence-corrected chi connectivity index (χ1v) is 7.20. The summed E-state index contributed by atoms with van der Waals surface area (Å²) in [5.41, 5.74) is 7.68. The molecule has 0 spiro atoms. The maximum absolute atomic E-state index is 11.2. The Morgan fingerprint density at radius 1 is 1.55 bits per heavy atom. The lowest BCUT2D eigenvalue weighted by Crippen LogP contribution is -2.19. The molecule has 1 aromatic carbocycles. The van der Waals surface area contributed by atoms with E-state index in [1.807, 2.05) is 18.2 Å². The zero-order valence-electron chi connectivity index (χ0n) is 11.4. The van der Waals surface area contributed by atoms with Crippen molar-refractivity contribution in [1.29, 1.82) is 0 Å². The number of hydrogen-bond acceptors (Lipinski definition) is 3. The number of halogens is 1. The number of hydrogen-bond donors (Lipinski definition) is 2. The standard InChI is InChI=1S/C14H17BrN4O/c1-3-17-9(2)12-6-11(15)4-5-13(12)19-8-10(7-18-19)14(16)20/h4-9,17H,3H2,1-2H3,(H2,16,20). The number of amides is 1. The smallest absolute Gasteiger partial charge is 0.251 e. The van der Waals surface area contributed by atoms with E-state index < -0.39 is 5.91 Å². The molecule has 106 valence electrons. The number of nitrogens with one attached hydrogen (secondary N) is 1. The molecule has 0 fully saturated rings. The largest absolute Gasteiger partial charge is 0.366 e.